The van der Waals surface area contributed by atoms with Gasteiger partial charge in [0.05, 0.1) is 6.61 Å². The van der Waals surface area contributed by atoms with E-state index in [2.05, 4.69) is 5.32 Å². The molecule has 1 aliphatic heterocycles. The van der Waals surface area contributed by atoms with Gasteiger partial charge in [0, 0.05) is 13.2 Å². The van der Waals surface area contributed by atoms with Crippen molar-refractivity contribution in [3.8, 4) is 0 Å². The minimum Gasteiger partial charge on any atom is -0.380 e. The van der Waals surface area contributed by atoms with Crippen LogP contribution in [0, 0.1) is 5.41 Å². The van der Waals surface area contributed by atoms with Crippen LogP contribution < -0.4 is 5.32 Å². The van der Waals surface area contributed by atoms with Crippen LogP contribution in [0.3, 0.4) is 0 Å². The van der Waals surface area contributed by atoms with Gasteiger partial charge in [-0.25, -0.2) is 0 Å². The summed E-state index contributed by atoms with van der Waals surface area (Å²) < 4.78 is 5.51. The molecule has 5 heteroatoms. The number of nitrogens with one attached hydrogen (secondary N) is 1. The number of ether oxygens (including phenoxy) is 1. The topological polar surface area (TPSA) is 58.6 Å². The highest BCUT2D eigenvalue weighted by atomic mass is 16.5. The molecule has 21 heavy (non-hydrogen) atoms. The van der Waals surface area contributed by atoms with E-state index in [0.717, 1.165) is 6.42 Å². The first-order chi connectivity index (χ1) is 9.67. The summed E-state index contributed by atoms with van der Waals surface area (Å²) in [4.78, 5) is 27.0. The van der Waals surface area contributed by atoms with Crippen molar-refractivity contribution in [3.63, 3.8) is 0 Å². The first-order valence-corrected chi connectivity index (χ1v) is 7.88. The van der Waals surface area contributed by atoms with Crippen molar-refractivity contribution in [2.24, 2.45) is 5.41 Å². The van der Waals surface area contributed by atoms with Crippen LogP contribution in [0.15, 0.2) is 0 Å². The van der Waals surface area contributed by atoms with Gasteiger partial charge < -0.3 is 15.0 Å². The summed E-state index contributed by atoms with van der Waals surface area (Å²) in [5.74, 6) is -0.0773. The van der Waals surface area contributed by atoms with Gasteiger partial charge in [0.25, 0.3) is 0 Å². The lowest BCUT2D eigenvalue weighted by molar-refractivity contribution is -0.159. The first-order valence-electron chi connectivity index (χ1n) is 7.88. The zero-order chi connectivity index (χ0) is 16.3. The molecule has 122 valence electrons. The molecule has 2 amide bonds. The molecular formula is C16H30N2O3. The SMILES string of the molecule is CCCOCCN1C(=O)C(C)(CC)NC(=O)C1C(C)(C)C. The molecule has 1 N–H and O–H groups in total. The number of amides is 2. The van der Waals surface area contributed by atoms with E-state index in [1.54, 1.807) is 11.8 Å². The molecule has 0 radical (unpaired) electrons. The fourth-order valence-corrected chi connectivity index (χ4v) is 2.71. The van der Waals surface area contributed by atoms with Crippen LogP contribution in [0.4, 0.5) is 0 Å². The number of rotatable bonds is 6. The first kappa shape index (κ1) is 18.0. The van der Waals surface area contributed by atoms with Crippen LogP contribution in [0.25, 0.3) is 0 Å². The maximum Gasteiger partial charge on any atom is 0.248 e. The Morgan fingerprint density at radius 3 is 2.33 bits per heavy atom. The molecule has 2 unspecified atom stereocenters. The van der Waals surface area contributed by atoms with Crippen LogP contribution in [-0.4, -0.2) is 48.1 Å². The molecule has 0 aromatic rings. The van der Waals surface area contributed by atoms with E-state index in [1.807, 2.05) is 34.6 Å². The zero-order valence-electron chi connectivity index (χ0n) is 14.3. The van der Waals surface area contributed by atoms with Crippen LogP contribution in [-0.2, 0) is 14.3 Å². The fourth-order valence-electron chi connectivity index (χ4n) is 2.71. The quantitative estimate of drug-likeness (QED) is 0.763. The molecule has 5 nitrogen and oxygen atoms in total. The van der Waals surface area contributed by atoms with Gasteiger partial charge in [-0.15, -0.1) is 0 Å². The third-order valence-electron chi connectivity index (χ3n) is 4.04. The van der Waals surface area contributed by atoms with Crippen molar-refractivity contribution in [2.45, 2.75) is 66.0 Å². The van der Waals surface area contributed by atoms with Gasteiger partial charge >= 0.3 is 0 Å². The van der Waals surface area contributed by atoms with Gasteiger partial charge in [-0.1, -0.05) is 34.6 Å². The van der Waals surface area contributed by atoms with Crippen molar-refractivity contribution in [1.82, 2.24) is 10.2 Å². The second-order valence-electron chi connectivity index (χ2n) is 7.05. The van der Waals surface area contributed by atoms with Crippen molar-refractivity contribution >= 4 is 11.8 Å². The molecule has 2 atom stereocenters. The Bertz CT molecular complexity index is 389. The van der Waals surface area contributed by atoms with Crippen molar-refractivity contribution in [3.05, 3.63) is 0 Å². The Morgan fingerprint density at radius 1 is 1.24 bits per heavy atom. The number of hydrogen-bond acceptors (Lipinski definition) is 3. The predicted molar refractivity (Wildman–Crippen MR) is 82.9 cm³/mol. The van der Waals surface area contributed by atoms with E-state index in [9.17, 15) is 9.59 Å². The number of carbonyl (C=O) groups is 2. The van der Waals surface area contributed by atoms with Crippen molar-refractivity contribution in [2.75, 3.05) is 19.8 Å². The van der Waals surface area contributed by atoms with Crippen molar-refractivity contribution < 1.29 is 14.3 Å². The number of piperazine rings is 1. The summed E-state index contributed by atoms with van der Waals surface area (Å²) in [5, 5.41) is 2.91. The molecule has 1 aliphatic rings. The molecule has 0 spiro atoms. The second-order valence-corrected chi connectivity index (χ2v) is 7.05. The lowest BCUT2D eigenvalue weighted by atomic mass is 9.80. The fraction of sp³-hybridized carbons (Fsp3) is 0.875. The monoisotopic (exact) mass is 298 g/mol. The molecule has 0 saturated carbocycles. The van der Waals surface area contributed by atoms with Crippen LogP contribution >= 0.6 is 0 Å². The number of carbonyl (C=O) groups excluding carboxylic acids is 2. The Labute approximate surface area is 128 Å². The Balaban J connectivity index is 2.96. The lowest BCUT2D eigenvalue weighted by Crippen LogP contribution is -2.71. The van der Waals surface area contributed by atoms with Gasteiger partial charge in [-0.05, 0) is 25.2 Å². The third-order valence-corrected chi connectivity index (χ3v) is 4.04. The van der Waals surface area contributed by atoms with Crippen LogP contribution in [0.2, 0.25) is 0 Å². The van der Waals surface area contributed by atoms with E-state index in [1.165, 1.54) is 0 Å². The van der Waals surface area contributed by atoms with E-state index in [4.69, 9.17) is 4.74 Å². The van der Waals surface area contributed by atoms with Crippen LogP contribution in [0.5, 0.6) is 0 Å². The van der Waals surface area contributed by atoms with Gasteiger partial charge in [0.2, 0.25) is 11.8 Å². The lowest BCUT2D eigenvalue weighted by Gasteiger charge is -2.48. The molecule has 0 bridgehead atoms. The highest BCUT2D eigenvalue weighted by Gasteiger charge is 2.50. The van der Waals surface area contributed by atoms with Crippen LogP contribution in [0.1, 0.15) is 54.4 Å². The largest absolute Gasteiger partial charge is 0.380 e. The average Bonchev–Trinajstić information content (AvgIpc) is 2.38. The van der Waals surface area contributed by atoms with Gasteiger partial charge in [0.15, 0.2) is 0 Å². The summed E-state index contributed by atoms with van der Waals surface area (Å²) in [6.07, 6.45) is 1.53. The smallest absolute Gasteiger partial charge is 0.248 e. The van der Waals surface area contributed by atoms with E-state index in [-0.39, 0.29) is 17.2 Å². The summed E-state index contributed by atoms with van der Waals surface area (Å²) in [6.45, 7) is 13.3. The summed E-state index contributed by atoms with van der Waals surface area (Å²) in [6, 6.07) is -0.449. The molecule has 1 fully saturated rings. The normalized spacial score (nSPS) is 27.0. The molecule has 1 rings (SSSR count). The minimum absolute atomic E-state index is 0.00961. The zero-order valence-corrected chi connectivity index (χ0v) is 14.3. The average molecular weight is 298 g/mol. The van der Waals surface area contributed by atoms with Gasteiger partial charge in [0.1, 0.15) is 11.6 Å². The molecular weight excluding hydrogens is 268 g/mol. The van der Waals surface area contributed by atoms with Gasteiger partial charge in [-0.2, -0.15) is 0 Å². The molecule has 1 heterocycles. The Morgan fingerprint density at radius 2 is 1.86 bits per heavy atom. The van der Waals surface area contributed by atoms with E-state index < -0.39 is 11.6 Å². The van der Waals surface area contributed by atoms with E-state index >= 15 is 0 Å². The van der Waals surface area contributed by atoms with Crippen molar-refractivity contribution in [1.29, 1.82) is 0 Å². The maximum absolute atomic E-state index is 12.8. The highest BCUT2D eigenvalue weighted by Crippen LogP contribution is 2.31. The maximum atomic E-state index is 12.8. The Kier molecular flexibility index (Phi) is 5.79. The summed E-state index contributed by atoms with van der Waals surface area (Å²) in [5.41, 5.74) is -1.11. The predicted octanol–water partition coefficient (Wildman–Crippen LogP) is 1.95. The number of nitrogens with zero attached hydrogens (tertiary/aromatic N) is 1. The number of hydrogen-bond donors (Lipinski definition) is 1. The molecule has 0 aromatic heterocycles. The summed E-state index contributed by atoms with van der Waals surface area (Å²) >= 11 is 0. The third kappa shape index (κ3) is 3.96. The van der Waals surface area contributed by atoms with E-state index in [0.29, 0.717) is 26.2 Å². The minimum atomic E-state index is -0.802. The molecule has 1 saturated heterocycles. The molecule has 0 aromatic carbocycles. The Hall–Kier alpha value is -1.10. The molecule has 0 aliphatic carbocycles. The summed E-state index contributed by atoms with van der Waals surface area (Å²) in [7, 11) is 0. The van der Waals surface area contributed by atoms with Gasteiger partial charge in [-0.3, -0.25) is 9.59 Å². The second kappa shape index (κ2) is 6.77. The highest BCUT2D eigenvalue weighted by molar-refractivity contribution is 5.99. The standard InChI is InChI=1S/C16H30N2O3/c1-7-10-21-11-9-18-12(15(3,4)5)13(19)17-16(6,8-2)14(18)20/h12H,7-11H2,1-6H3,(H,17,19).